The van der Waals surface area contributed by atoms with E-state index in [4.69, 9.17) is 16.3 Å². The number of piperidine rings is 1. The Hall–Kier alpha value is -0.540. The highest BCUT2D eigenvalue weighted by atomic mass is 35.5. The van der Waals surface area contributed by atoms with Crippen molar-refractivity contribution in [2.75, 3.05) is 26.7 Å². The number of carbonyl (C=O) groups is 1. The van der Waals surface area contributed by atoms with Gasteiger partial charge in [0.15, 0.2) is 0 Å². The van der Waals surface area contributed by atoms with Crippen LogP contribution in [0.15, 0.2) is 11.6 Å². The molecule has 14 heavy (non-hydrogen) atoms. The number of hydrogen-bond acceptors (Lipinski definition) is 3. The number of esters is 1. The van der Waals surface area contributed by atoms with Gasteiger partial charge in [0, 0.05) is 18.1 Å². The summed E-state index contributed by atoms with van der Waals surface area (Å²) in [6.07, 6.45) is 1.93. The molecule has 0 amide bonds. The minimum atomic E-state index is -0.116. The first-order chi connectivity index (χ1) is 6.63. The summed E-state index contributed by atoms with van der Waals surface area (Å²) >= 11 is 5.72. The minimum absolute atomic E-state index is 0.00441. The molecule has 0 saturated carbocycles. The highest BCUT2D eigenvalue weighted by molar-refractivity contribution is 6.29. The van der Waals surface area contributed by atoms with E-state index in [1.807, 2.05) is 0 Å². The van der Waals surface area contributed by atoms with Gasteiger partial charge in [0.2, 0.25) is 0 Å². The van der Waals surface area contributed by atoms with Crippen LogP contribution < -0.4 is 0 Å². The fourth-order valence-electron chi connectivity index (χ4n) is 1.80. The molecule has 4 heteroatoms. The van der Waals surface area contributed by atoms with Crippen LogP contribution in [0.4, 0.5) is 0 Å². The number of likely N-dealkylation sites (tertiary alicyclic amines) is 1. The van der Waals surface area contributed by atoms with Crippen LogP contribution in [0.25, 0.3) is 0 Å². The number of ether oxygens (including phenoxy) is 1. The van der Waals surface area contributed by atoms with Gasteiger partial charge in [-0.1, -0.05) is 18.2 Å². The molecule has 0 aromatic carbocycles. The van der Waals surface area contributed by atoms with Gasteiger partial charge in [-0.15, -0.1) is 0 Å². The second-order valence-electron chi connectivity index (χ2n) is 3.61. The fourth-order valence-corrected chi connectivity index (χ4v) is 1.97. The number of rotatable bonds is 3. The Morgan fingerprint density at radius 3 is 3.00 bits per heavy atom. The molecule has 1 heterocycles. The number of hydrogen-bond donors (Lipinski definition) is 0. The van der Waals surface area contributed by atoms with E-state index in [0.717, 1.165) is 25.9 Å². The van der Waals surface area contributed by atoms with Gasteiger partial charge in [0.1, 0.15) is 0 Å². The zero-order valence-electron chi connectivity index (χ0n) is 8.46. The van der Waals surface area contributed by atoms with Crippen molar-refractivity contribution in [1.82, 2.24) is 4.90 Å². The lowest BCUT2D eigenvalue weighted by Crippen LogP contribution is -2.39. The van der Waals surface area contributed by atoms with Crippen molar-refractivity contribution >= 4 is 17.6 Å². The van der Waals surface area contributed by atoms with Crippen LogP contribution in [0.3, 0.4) is 0 Å². The summed E-state index contributed by atoms with van der Waals surface area (Å²) in [5.74, 6) is -0.111. The second kappa shape index (κ2) is 5.37. The van der Waals surface area contributed by atoms with Gasteiger partial charge in [-0.25, -0.2) is 0 Å². The van der Waals surface area contributed by atoms with Crippen LogP contribution in [0.1, 0.15) is 12.8 Å². The summed E-state index contributed by atoms with van der Waals surface area (Å²) in [6.45, 7) is 6.03. The van der Waals surface area contributed by atoms with Crippen molar-refractivity contribution in [1.29, 1.82) is 0 Å². The molecule has 0 bridgehead atoms. The van der Waals surface area contributed by atoms with Crippen LogP contribution in [0.2, 0.25) is 0 Å². The third-order valence-corrected chi connectivity index (χ3v) is 2.55. The van der Waals surface area contributed by atoms with Crippen LogP contribution in [0.5, 0.6) is 0 Å². The Bertz CT molecular complexity index is 230. The van der Waals surface area contributed by atoms with Gasteiger partial charge in [-0.05, 0) is 19.4 Å². The maximum absolute atomic E-state index is 11.3. The highest BCUT2D eigenvalue weighted by Gasteiger charge is 2.26. The summed E-state index contributed by atoms with van der Waals surface area (Å²) < 4.78 is 4.72. The van der Waals surface area contributed by atoms with Gasteiger partial charge in [0.05, 0.1) is 13.0 Å². The molecule has 1 aliphatic rings. The highest BCUT2D eigenvalue weighted by Crippen LogP contribution is 2.18. The molecular formula is C10H16ClNO2. The van der Waals surface area contributed by atoms with Gasteiger partial charge in [-0.3, -0.25) is 9.69 Å². The van der Waals surface area contributed by atoms with Crippen LogP contribution >= 0.6 is 11.6 Å². The van der Waals surface area contributed by atoms with E-state index in [1.165, 1.54) is 7.11 Å². The molecule has 0 radical (unpaired) electrons. The monoisotopic (exact) mass is 217 g/mol. The minimum Gasteiger partial charge on any atom is -0.469 e. The first kappa shape index (κ1) is 11.5. The van der Waals surface area contributed by atoms with Gasteiger partial charge in [-0.2, -0.15) is 0 Å². The summed E-state index contributed by atoms with van der Waals surface area (Å²) in [7, 11) is 1.43. The smallest absolute Gasteiger partial charge is 0.309 e. The lowest BCUT2D eigenvalue weighted by molar-refractivity contribution is -0.147. The van der Waals surface area contributed by atoms with E-state index in [-0.39, 0.29) is 11.9 Å². The predicted molar refractivity (Wildman–Crippen MR) is 56.2 cm³/mol. The lowest BCUT2D eigenvalue weighted by Gasteiger charge is -2.30. The number of methoxy groups -OCH3 is 1. The van der Waals surface area contributed by atoms with Crippen molar-refractivity contribution in [3.8, 4) is 0 Å². The zero-order valence-corrected chi connectivity index (χ0v) is 9.22. The molecule has 0 spiro atoms. The Labute approximate surface area is 89.7 Å². The Kier molecular flexibility index (Phi) is 4.42. The van der Waals surface area contributed by atoms with Crippen LogP contribution in [-0.4, -0.2) is 37.6 Å². The number of carbonyl (C=O) groups excluding carboxylic acids is 1. The maximum atomic E-state index is 11.3. The molecule has 1 atom stereocenters. The Balaban J connectivity index is 2.43. The fraction of sp³-hybridized carbons (Fsp3) is 0.700. The molecule has 1 aliphatic heterocycles. The number of nitrogens with zero attached hydrogens (tertiary/aromatic N) is 1. The third kappa shape index (κ3) is 3.31. The Morgan fingerprint density at radius 1 is 1.71 bits per heavy atom. The molecule has 0 aromatic rings. The molecule has 0 N–H and O–H groups in total. The molecule has 80 valence electrons. The van der Waals surface area contributed by atoms with Crippen molar-refractivity contribution in [3.63, 3.8) is 0 Å². The predicted octanol–water partition coefficient (Wildman–Crippen LogP) is 1.62. The molecule has 0 aromatic heterocycles. The standard InChI is InChI=1S/C10H16ClNO2/c1-8(11)6-12-5-3-4-9(7-12)10(13)14-2/h9H,1,3-7H2,2H3. The first-order valence-electron chi connectivity index (χ1n) is 4.77. The van der Waals surface area contributed by atoms with Crippen molar-refractivity contribution in [2.24, 2.45) is 5.92 Å². The van der Waals surface area contributed by atoms with Crippen molar-refractivity contribution in [2.45, 2.75) is 12.8 Å². The van der Waals surface area contributed by atoms with E-state index in [1.54, 1.807) is 0 Å². The largest absolute Gasteiger partial charge is 0.469 e. The molecule has 1 saturated heterocycles. The zero-order chi connectivity index (χ0) is 10.6. The third-order valence-electron chi connectivity index (χ3n) is 2.44. The lowest BCUT2D eigenvalue weighted by atomic mass is 9.98. The second-order valence-corrected chi connectivity index (χ2v) is 4.15. The summed E-state index contributed by atoms with van der Waals surface area (Å²) in [4.78, 5) is 13.4. The van der Waals surface area contributed by atoms with Crippen LogP contribution in [0, 0.1) is 5.92 Å². The molecular weight excluding hydrogens is 202 g/mol. The molecule has 0 aliphatic carbocycles. The molecule has 3 nitrogen and oxygen atoms in total. The average Bonchev–Trinajstić information content (AvgIpc) is 2.16. The van der Waals surface area contributed by atoms with Crippen LogP contribution in [-0.2, 0) is 9.53 Å². The Morgan fingerprint density at radius 2 is 2.43 bits per heavy atom. The maximum Gasteiger partial charge on any atom is 0.309 e. The van der Waals surface area contributed by atoms with E-state index >= 15 is 0 Å². The molecule has 1 unspecified atom stereocenters. The average molecular weight is 218 g/mol. The summed E-state index contributed by atoms with van der Waals surface area (Å²) in [5, 5.41) is 0.621. The first-order valence-corrected chi connectivity index (χ1v) is 5.14. The molecule has 1 fully saturated rings. The number of halogens is 1. The van der Waals surface area contributed by atoms with Crippen molar-refractivity contribution < 1.29 is 9.53 Å². The van der Waals surface area contributed by atoms with Gasteiger partial charge in [0.25, 0.3) is 0 Å². The topological polar surface area (TPSA) is 29.5 Å². The van der Waals surface area contributed by atoms with E-state index in [0.29, 0.717) is 11.6 Å². The molecule has 1 rings (SSSR count). The summed E-state index contributed by atoms with van der Waals surface area (Å²) in [5.41, 5.74) is 0. The van der Waals surface area contributed by atoms with Crippen molar-refractivity contribution in [3.05, 3.63) is 11.6 Å². The van der Waals surface area contributed by atoms with Gasteiger partial charge < -0.3 is 4.74 Å². The van der Waals surface area contributed by atoms with E-state index in [9.17, 15) is 4.79 Å². The SMILES string of the molecule is C=C(Cl)CN1CCCC(C(=O)OC)C1. The van der Waals surface area contributed by atoms with E-state index < -0.39 is 0 Å². The normalized spacial score (nSPS) is 23.1. The summed E-state index contributed by atoms with van der Waals surface area (Å²) in [6, 6.07) is 0. The van der Waals surface area contributed by atoms with E-state index in [2.05, 4.69) is 11.5 Å². The van der Waals surface area contributed by atoms with Gasteiger partial charge >= 0.3 is 5.97 Å². The quantitative estimate of drug-likeness (QED) is 0.673.